The molecule has 1 heterocycles. The molecule has 1 aromatic heterocycles. The van der Waals surface area contributed by atoms with Crippen molar-refractivity contribution in [3.05, 3.63) is 54.5 Å². The van der Waals surface area contributed by atoms with Crippen molar-refractivity contribution in [3.8, 4) is 11.3 Å². The molecule has 0 radical (unpaired) electrons. The highest BCUT2D eigenvalue weighted by molar-refractivity contribution is 5.86. The first-order valence-electron chi connectivity index (χ1n) is 11.7. The Labute approximate surface area is 195 Å². The molecule has 3 N–H and O–H groups in total. The fourth-order valence-corrected chi connectivity index (χ4v) is 3.79. The number of hydrogen-bond acceptors (Lipinski definition) is 5. The SMILES string of the molecule is CCC(=O)CCCCC[C@H](NC(=O)CNN(C)C)c1ncc(-c2ccc3ccccc3c2)[nH]1. The van der Waals surface area contributed by atoms with Crippen LogP contribution in [0.25, 0.3) is 22.0 Å². The summed E-state index contributed by atoms with van der Waals surface area (Å²) in [7, 11) is 3.70. The zero-order chi connectivity index (χ0) is 23.6. The highest BCUT2D eigenvalue weighted by Crippen LogP contribution is 2.25. The molecule has 0 fully saturated rings. The molecule has 0 saturated carbocycles. The zero-order valence-corrected chi connectivity index (χ0v) is 19.9. The quantitative estimate of drug-likeness (QED) is 0.266. The third-order valence-electron chi connectivity index (χ3n) is 5.72. The van der Waals surface area contributed by atoms with E-state index >= 15 is 0 Å². The topological polar surface area (TPSA) is 90.1 Å². The summed E-state index contributed by atoms with van der Waals surface area (Å²) in [5.74, 6) is 0.972. The van der Waals surface area contributed by atoms with E-state index in [1.807, 2.05) is 39.3 Å². The van der Waals surface area contributed by atoms with Crippen molar-refractivity contribution in [2.24, 2.45) is 0 Å². The van der Waals surface area contributed by atoms with Gasteiger partial charge in [0.15, 0.2) is 0 Å². The number of fused-ring (bicyclic) bond motifs is 1. The van der Waals surface area contributed by atoms with Crippen molar-refractivity contribution in [1.82, 2.24) is 25.7 Å². The number of amides is 1. The van der Waals surface area contributed by atoms with Gasteiger partial charge in [-0.3, -0.25) is 14.6 Å². The van der Waals surface area contributed by atoms with Gasteiger partial charge in [0.1, 0.15) is 11.6 Å². The maximum absolute atomic E-state index is 12.5. The standard InChI is InChI=1S/C26H35N5O2/c1-4-22(32)12-6-5-7-13-23(29-25(33)18-28-31(2)3)26-27-17-24(30-26)21-15-14-19-10-8-9-11-20(19)16-21/h8-11,14-17,23,28H,4-7,12-13,18H2,1-3H3,(H,27,30)(H,29,33)/t23-/m0/s1. The number of hydrogen-bond donors (Lipinski definition) is 3. The van der Waals surface area contributed by atoms with E-state index in [1.165, 1.54) is 10.8 Å². The first-order valence-corrected chi connectivity index (χ1v) is 11.7. The monoisotopic (exact) mass is 449 g/mol. The summed E-state index contributed by atoms with van der Waals surface area (Å²) in [6.07, 6.45) is 6.57. The average Bonchev–Trinajstić information content (AvgIpc) is 3.31. The molecule has 2 aromatic carbocycles. The molecule has 3 aromatic rings. The van der Waals surface area contributed by atoms with E-state index in [4.69, 9.17) is 0 Å². The van der Waals surface area contributed by atoms with E-state index in [2.05, 4.69) is 51.0 Å². The van der Waals surface area contributed by atoms with E-state index in [9.17, 15) is 9.59 Å². The lowest BCUT2D eigenvalue weighted by Gasteiger charge is -2.18. The van der Waals surface area contributed by atoms with E-state index in [-0.39, 0.29) is 18.5 Å². The van der Waals surface area contributed by atoms with Gasteiger partial charge in [-0.15, -0.1) is 0 Å². The number of ketones is 1. The van der Waals surface area contributed by atoms with Crippen molar-refractivity contribution in [1.29, 1.82) is 0 Å². The fraction of sp³-hybridized carbons (Fsp3) is 0.423. The second-order valence-corrected chi connectivity index (χ2v) is 8.59. The lowest BCUT2D eigenvalue weighted by Crippen LogP contribution is -2.41. The Balaban J connectivity index is 1.69. The van der Waals surface area contributed by atoms with Gasteiger partial charge < -0.3 is 10.3 Å². The van der Waals surface area contributed by atoms with Gasteiger partial charge in [0.05, 0.1) is 24.5 Å². The summed E-state index contributed by atoms with van der Waals surface area (Å²) in [5.41, 5.74) is 4.98. The summed E-state index contributed by atoms with van der Waals surface area (Å²) in [4.78, 5) is 32.1. The minimum atomic E-state index is -0.211. The van der Waals surface area contributed by atoms with Crippen LogP contribution in [0.1, 0.15) is 57.3 Å². The van der Waals surface area contributed by atoms with E-state index in [0.29, 0.717) is 18.6 Å². The van der Waals surface area contributed by atoms with Crippen LogP contribution in [0.2, 0.25) is 0 Å². The molecule has 1 amide bonds. The van der Waals surface area contributed by atoms with Crippen LogP contribution in [0.4, 0.5) is 0 Å². The fourth-order valence-electron chi connectivity index (χ4n) is 3.79. The number of H-pyrrole nitrogens is 1. The average molecular weight is 450 g/mol. The Morgan fingerprint density at radius 1 is 1.06 bits per heavy atom. The van der Waals surface area contributed by atoms with E-state index in [1.54, 1.807) is 5.01 Å². The molecule has 0 aliphatic rings. The summed E-state index contributed by atoms with van der Waals surface area (Å²) in [5, 5.41) is 7.23. The number of carbonyl (C=O) groups excluding carboxylic acids is 2. The van der Waals surface area contributed by atoms with Crippen LogP contribution in [-0.2, 0) is 9.59 Å². The molecule has 3 rings (SSSR count). The van der Waals surface area contributed by atoms with Gasteiger partial charge in [0.25, 0.3) is 0 Å². The third-order valence-corrected chi connectivity index (χ3v) is 5.72. The number of benzene rings is 2. The minimum Gasteiger partial charge on any atom is -0.345 e. The molecule has 0 bridgehead atoms. The van der Waals surface area contributed by atoms with Crippen molar-refractivity contribution < 1.29 is 9.59 Å². The molecular formula is C26H35N5O2. The second kappa shape index (κ2) is 12.3. The predicted molar refractivity (Wildman–Crippen MR) is 132 cm³/mol. The molecule has 7 nitrogen and oxygen atoms in total. The number of Topliss-reactive ketones (excluding diaryl/α,β-unsaturated/α-hetero) is 1. The highest BCUT2D eigenvalue weighted by atomic mass is 16.2. The number of aromatic amines is 1. The minimum absolute atomic E-state index is 0.0847. The van der Waals surface area contributed by atoms with E-state index < -0.39 is 0 Å². The van der Waals surface area contributed by atoms with E-state index in [0.717, 1.165) is 42.8 Å². The van der Waals surface area contributed by atoms with Crippen molar-refractivity contribution >= 4 is 22.5 Å². The Morgan fingerprint density at radius 3 is 2.61 bits per heavy atom. The Hall–Kier alpha value is -3.03. The number of aromatic nitrogens is 2. The molecule has 0 unspecified atom stereocenters. The molecule has 7 heteroatoms. The first-order chi connectivity index (χ1) is 16.0. The number of rotatable bonds is 13. The van der Waals surface area contributed by atoms with Gasteiger partial charge in [0.2, 0.25) is 5.91 Å². The first kappa shape index (κ1) is 24.6. The summed E-state index contributed by atoms with van der Waals surface area (Å²) >= 11 is 0. The molecule has 0 saturated heterocycles. The van der Waals surface area contributed by atoms with Crippen LogP contribution in [0, 0.1) is 0 Å². The van der Waals surface area contributed by atoms with Gasteiger partial charge in [0, 0.05) is 32.5 Å². The Morgan fingerprint density at radius 2 is 1.85 bits per heavy atom. The summed E-state index contributed by atoms with van der Waals surface area (Å²) < 4.78 is 0. The maximum Gasteiger partial charge on any atom is 0.235 e. The van der Waals surface area contributed by atoms with Crippen LogP contribution < -0.4 is 10.7 Å². The van der Waals surface area contributed by atoms with Crippen molar-refractivity contribution in [2.75, 3.05) is 20.6 Å². The lowest BCUT2D eigenvalue weighted by molar-refractivity contribution is -0.122. The lowest BCUT2D eigenvalue weighted by atomic mass is 10.0. The number of nitrogens with zero attached hydrogens (tertiary/aromatic N) is 2. The van der Waals surface area contributed by atoms with Crippen LogP contribution in [-0.4, -0.2) is 47.3 Å². The number of imidazole rings is 1. The number of hydrazine groups is 1. The number of carbonyl (C=O) groups is 2. The zero-order valence-electron chi connectivity index (χ0n) is 19.9. The Bertz CT molecular complexity index is 1060. The van der Waals surface area contributed by atoms with Crippen LogP contribution in [0.3, 0.4) is 0 Å². The predicted octanol–water partition coefficient (Wildman–Crippen LogP) is 4.38. The molecule has 33 heavy (non-hydrogen) atoms. The van der Waals surface area contributed by atoms with Crippen molar-refractivity contribution in [3.63, 3.8) is 0 Å². The van der Waals surface area contributed by atoms with Crippen LogP contribution >= 0.6 is 0 Å². The van der Waals surface area contributed by atoms with Gasteiger partial charge in [-0.05, 0) is 29.7 Å². The number of nitrogens with one attached hydrogen (secondary N) is 3. The van der Waals surface area contributed by atoms with Crippen LogP contribution in [0.15, 0.2) is 48.7 Å². The smallest absolute Gasteiger partial charge is 0.235 e. The molecule has 0 aliphatic heterocycles. The molecular weight excluding hydrogens is 414 g/mol. The van der Waals surface area contributed by atoms with Gasteiger partial charge in [-0.25, -0.2) is 10.4 Å². The number of unbranched alkanes of at least 4 members (excludes halogenated alkanes) is 2. The molecule has 1 atom stereocenters. The highest BCUT2D eigenvalue weighted by Gasteiger charge is 2.18. The van der Waals surface area contributed by atoms with Gasteiger partial charge in [-0.2, -0.15) is 0 Å². The Kier molecular flexibility index (Phi) is 9.15. The molecule has 0 aliphatic carbocycles. The summed E-state index contributed by atoms with van der Waals surface area (Å²) in [6.45, 7) is 2.10. The summed E-state index contributed by atoms with van der Waals surface area (Å²) in [6, 6.07) is 14.4. The largest absolute Gasteiger partial charge is 0.345 e. The normalized spacial score (nSPS) is 12.2. The third kappa shape index (κ3) is 7.51. The van der Waals surface area contributed by atoms with Crippen LogP contribution in [0.5, 0.6) is 0 Å². The van der Waals surface area contributed by atoms with Crippen molar-refractivity contribution in [2.45, 2.75) is 51.5 Å². The molecule has 0 spiro atoms. The second-order valence-electron chi connectivity index (χ2n) is 8.59. The maximum atomic E-state index is 12.5. The molecule has 176 valence electrons. The van der Waals surface area contributed by atoms with Gasteiger partial charge in [-0.1, -0.05) is 56.2 Å². The van der Waals surface area contributed by atoms with Gasteiger partial charge >= 0.3 is 0 Å².